The number of rotatable bonds is 5. The third-order valence-corrected chi connectivity index (χ3v) is 4.13. The molecule has 136 valence electrons. The van der Waals surface area contributed by atoms with Crippen LogP contribution in [0.2, 0.25) is 0 Å². The van der Waals surface area contributed by atoms with Crippen LogP contribution in [-0.2, 0) is 11.2 Å². The van der Waals surface area contributed by atoms with E-state index in [1.165, 1.54) is 0 Å². The number of benzene rings is 2. The fourth-order valence-corrected chi connectivity index (χ4v) is 2.89. The van der Waals surface area contributed by atoms with E-state index < -0.39 is 5.54 Å². The van der Waals surface area contributed by atoms with E-state index in [0.717, 1.165) is 11.3 Å². The highest BCUT2D eigenvalue weighted by molar-refractivity contribution is 5.99. The van der Waals surface area contributed by atoms with Crippen LogP contribution in [0.25, 0.3) is 0 Å². The summed E-state index contributed by atoms with van der Waals surface area (Å²) in [5.41, 5.74) is 1.74. The van der Waals surface area contributed by atoms with Crippen LogP contribution in [0.3, 0.4) is 0 Å². The van der Waals surface area contributed by atoms with Crippen molar-refractivity contribution < 1.29 is 19.1 Å². The van der Waals surface area contributed by atoms with E-state index in [-0.39, 0.29) is 18.4 Å². The second kappa shape index (κ2) is 7.07. The first-order chi connectivity index (χ1) is 12.4. The lowest BCUT2D eigenvalue weighted by Gasteiger charge is -2.27. The number of anilines is 1. The quantitative estimate of drug-likeness (QED) is 0.866. The van der Waals surface area contributed by atoms with E-state index in [4.69, 9.17) is 9.47 Å². The SMILES string of the molecule is COc1ccc(CC(C)(C)NC(=O)c2ccc3c(c2)OCC(=O)N3)cc1. The zero-order valence-corrected chi connectivity index (χ0v) is 15.1. The summed E-state index contributed by atoms with van der Waals surface area (Å²) in [6.07, 6.45) is 0.681. The van der Waals surface area contributed by atoms with Gasteiger partial charge in [-0.15, -0.1) is 0 Å². The fourth-order valence-electron chi connectivity index (χ4n) is 2.89. The molecule has 0 saturated heterocycles. The maximum absolute atomic E-state index is 12.6. The van der Waals surface area contributed by atoms with E-state index in [0.29, 0.717) is 23.4 Å². The number of amides is 2. The van der Waals surface area contributed by atoms with Crippen LogP contribution in [0.1, 0.15) is 29.8 Å². The molecule has 0 aliphatic carbocycles. The van der Waals surface area contributed by atoms with E-state index >= 15 is 0 Å². The first kappa shape index (κ1) is 17.8. The van der Waals surface area contributed by atoms with Crippen LogP contribution in [0.15, 0.2) is 42.5 Å². The van der Waals surface area contributed by atoms with Crippen molar-refractivity contribution >= 4 is 17.5 Å². The summed E-state index contributed by atoms with van der Waals surface area (Å²) in [4.78, 5) is 23.9. The highest BCUT2D eigenvalue weighted by Crippen LogP contribution is 2.28. The third-order valence-electron chi connectivity index (χ3n) is 4.13. The van der Waals surface area contributed by atoms with Crippen molar-refractivity contribution in [3.8, 4) is 11.5 Å². The smallest absolute Gasteiger partial charge is 0.262 e. The van der Waals surface area contributed by atoms with Gasteiger partial charge in [0.1, 0.15) is 11.5 Å². The maximum Gasteiger partial charge on any atom is 0.262 e. The van der Waals surface area contributed by atoms with Gasteiger partial charge in [0, 0.05) is 11.1 Å². The van der Waals surface area contributed by atoms with Crippen molar-refractivity contribution in [3.63, 3.8) is 0 Å². The molecular weight excluding hydrogens is 332 g/mol. The van der Waals surface area contributed by atoms with Gasteiger partial charge in [-0.2, -0.15) is 0 Å². The first-order valence-electron chi connectivity index (χ1n) is 8.38. The Morgan fingerprint density at radius 3 is 2.65 bits per heavy atom. The molecule has 3 rings (SSSR count). The molecule has 0 spiro atoms. The molecule has 26 heavy (non-hydrogen) atoms. The van der Waals surface area contributed by atoms with Gasteiger partial charge < -0.3 is 20.1 Å². The molecule has 1 aliphatic rings. The van der Waals surface area contributed by atoms with E-state index in [1.807, 2.05) is 38.1 Å². The number of carbonyl (C=O) groups is 2. The molecule has 0 bridgehead atoms. The van der Waals surface area contributed by atoms with E-state index in [1.54, 1.807) is 25.3 Å². The second-order valence-corrected chi connectivity index (χ2v) is 6.91. The predicted molar refractivity (Wildman–Crippen MR) is 98.8 cm³/mol. The lowest BCUT2D eigenvalue weighted by atomic mass is 9.94. The van der Waals surface area contributed by atoms with Gasteiger partial charge in [0.25, 0.3) is 11.8 Å². The molecular formula is C20H22N2O4. The summed E-state index contributed by atoms with van der Waals surface area (Å²) in [5.74, 6) is 0.920. The standard InChI is InChI=1S/C20H22N2O4/c1-20(2,11-13-4-7-15(25-3)8-5-13)22-19(24)14-6-9-16-17(10-14)26-12-18(23)21-16/h4-10H,11-12H2,1-3H3,(H,21,23)(H,22,24). The molecule has 0 saturated carbocycles. The van der Waals surface area contributed by atoms with Crippen molar-refractivity contribution in [1.29, 1.82) is 0 Å². The molecule has 0 radical (unpaired) electrons. The van der Waals surface area contributed by atoms with Gasteiger partial charge in [0.2, 0.25) is 0 Å². The number of hydrogen-bond acceptors (Lipinski definition) is 4. The van der Waals surface area contributed by atoms with Gasteiger partial charge in [0.15, 0.2) is 6.61 Å². The summed E-state index contributed by atoms with van der Waals surface area (Å²) in [6.45, 7) is 3.91. The summed E-state index contributed by atoms with van der Waals surface area (Å²) in [7, 11) is 1.63. The van der Waals surface area contributed by atoms with Gasteiger partial charge in [-0.25, -0.2) is 0 Å². The monoisotopic (exact) mass is 354 g/mol. The molecule has 2 aromatic carbocycles. The van der Waals surface area contributed by atoms with Gasteiger partial charge in [-0.05, 0) is 56.2 Å². The molecule has 2 N–H and O–H groups in total. The van der Waals surface area contributed by atoms with Gasteiger partial charge >= 0.3 is 0 Å². The molecule has 6 heteroatoms. The van der Waals surface area contributed by atoms with Crippen molar-refractivity contribution in [2.45, 2.75) is 25.8 Å². The minimum absolute atomic E-state index is 0.0406. The Balaban J connectivity index is 1.68. The highest BCUT2D eigenvalue weighted by atomic mass is 16.5. The molecule has 0 unspecified atom stereocenters. The van der Waals surface area contributed by atoms with Gasteiger partial charge in [-0.3, -0.25) is 9.59 Å². The minimum Gasteiger partial charge on any atom is -0.497 e. The fraction of sp³-hybridized carbons (Fsp3) is 0.300. The van der Waals surface area contributed by atoms with Gasteiger partial charge in [-0.1, -0.05) is 12.1 Å². The lowest BCUT2D eigenvalue weighted by molar-refractivity contribution is -0.118. The van der Waals surface area contributed by atoms with Crippen LogP contribution in [0.5, 0.6) is 11.5 Å². The second-order valence-electron chi connectivity index (χ2n) is 6.91. The molecule has 2 aromatic rings. The summed E-state index contributed by atoms with van der Waals surface area (Å²) >= 11 is 0. The number of carbonyl (C=O) groups excluding carboxylic acids is 2. The summed E-state index contributed by atoms with van der Waals surface area (Å²) < 4.78 is 10.5. The first-order valence-corrected chi connectivity index (χ1v) is 8.38. The average Bonchev–Trinajstić information content (AvgIpc) is 2.61. The van der Waals surface area contributed by atoms with Crippen LogP contribution in [0, 0.1) is 0 Å². The van der Waals surface area contributed by atoms with Gasteiger partial charge in [0.05, 0.1) is 12.8 Å². The number of ether oxygens (including phenoxy) is 2. The normalized spacial score (nSPS) is 13.3. The van der Waals surface area contributed by atoms with Crippen LogP contribution < -0.4 is 20.1 Å². The van der Waals surface area contributed by atoms with Crippen LogP contribution in [-0.4, -0.2) is 31.1 Å². The molecule has 6 nitrogen and oxygen atoms in total. The third kappa shape index (κ3) is 4.14. The Morgan fingerprint density at radius 2 is 1.96 bits per heavy atom. The average molecular weight is 354 g/mol. The van der Waals surface area contributed by atoms with Crippen LogP contribution >= 0.6 is 0 Å². The minimum atomic E-state index is -0.434. The summed E-state index contributed by atoms with van der Waals surface area (Å²) in [6, 6.07) is 12.8. The highest BCUT2D eigenvalue weighted by Gasteiger charge is 2.23. The molecule has 0 atom stereocenters. The molecule has 1 aliphatic heterocycles. The number of nitrogens with one attached hydrogen (secondary N) is 2. The van der Waals surface area contributed by atoms with E-state index in [9.17, 15) is 9.59 Å². The largest absolute Gasteiger partial charge is 0.497 e. The number of methoxy groups -OCH3 is 1. The Kier molecular flexibility index (Phi) is 4.84. The lowest BCUT2D eigenvalue weighted by Crippen LogP contribution is -2.45. The zero-order valence-electron chi connectivity index (χ0n) is 15.1. The zero-order chi connectivity index (χ0) is 18.7. The Hall–Kier alpha value is -3.02. The summed E-state index contributed by atoms with van der Waals surface area (Å²) in [5, 5.41) is 5.76. The van der Waals surface area contributed by atoms with Crippen molar-refractivity contribution in [2.24, 2.45) is 0 Å². The predicted octanol–water partition coefficient (Wildman–Crippen LogP) is 2.78. The molecule has 0 aromatic heterocycles. The molecule has 2 amide bonds. The maximum atomic E-state index is 12.6. The van der Waals surface area contributed by atoms with E-state index in [2.05, 4.69) is 10.6 Å². The van der Waals surface area contributed by atoms with Crippen LogP contribution in [0.4, 0.5) is 5.69 Å². The number of hydrogen-bond donors (Lipinski definition) is 2. The Labute approximate surface area is 152 Å². The molecule has 0 fully saturated rings. The molecule has 1 heterocycles. The Morgan fingerprint density at radius 1 is 1.23 bits per heavy atom. The Bertz CT molecular complexity index is 828. The van der Waals surface area contributed by atoms with Crippen molar-refractivity contribution in [1.82, 2.24) is 5.32 Å². The van der Waals surface area contributed by atoms with Crippen molar-refractivity contribution in [3.05, 3.63) is 53.6 Å². The number of fused-ring (bicyclic) bond motifs is 1. The van der Waals surface area contributed by atoms with Crippen molar-refractivity contribution in [2.75, 3.05) is 19.0 Å². The topological polar surface area (TPSA) is 76.7 Å².